The second-order valence-electron chi connectivity index (χ2n) is 3.91. The molecule has 94 valence electrons. The van der Waals surface area contributed by atoms with Crippen LogP contribution in [0.2, 0.25) is 5.02 Å². The van der Waals surface area contributed by atoms with Crippen LogP contribution in [0.25, 0.3) is 0 Å². The van der Waals surface area contributed by atoms with E-state index in [9.17, 15) is 4.39 Å². The maximum atomic E-state index is 13.9. The van der Waals surface area contributed by atoms with Crippen molar-refractivity contribution in [1.82, 2.24) is 5.32 Å². The fourth-order valence-corrected chi connectivity index (χ4v) is 2.75. The molecule has 0 radical (unpaired) electrons. The van der Waals surface area contributed by atoms with Crippen LogP contribution in [0.1, 0.15) is 17.2 Å². The maximum absolute atomic E-state index is 13.9. The Hall–Kier alpha value is -0.650. The topological polar surface area (TPSA) is 12.0 Å². The fraction of sp³-hybridized carbons (Fsp3) is 0.143. The van der Waals surface area contributed by atoms with Crippen LogP contribution in [-0.4, -0.2) is 7.05 Å². The van der Waals surface area contributed by atoms with Gasteiger partial charge >= 0.3 is 0 Å². The molecular formula is C14H12ClFIN. The number of benzene rings is 2. The van der Waals surface area contributed by atoms with Crippen molar-refractivity contribution in [3.8, 4) is 0 Å². The van der Waals surface area contributed by atoms with Crippen molar-refractivity contribution in [3.63, 3.8) is 0 Å². The minimum Gasteiger partial charge on any atom is -0.309 e. The fourth-order valence-electron chi connectivity index (χ4n) is 1.92. The molecule has 0 spiro atoms. The van der Waals surface area contributed by atoms with Gasteiger partial charge in [0.15, 0.2) is 0 Å². The molecule has 1 N–H and O–H groups in total. The minimum atomic E-state index is -0.215. The van der Waals surface area contributed by atoms with Crippen molar-refractivity contribution >= 4 is 34.2 Å². The van der Waals surface area contributed by atoms with Crippen LogP contribution in [0.4, 0.5) is 4.39 Å². The molecule has 0 saturated carbocycles. The molecule has 1 nitrogen and oxygen atoms in total. The predicted molar refractivity (Wildman–Crippen MR) is 81.5 cm³/mol. The summed E-state index contributed by atoms with van der Waals surface area (Å²) < 4.78 is 14.9. The highest BCUT2D eigenvalue weighted by atomic mass is 127. The third kappa shape index (κ3) is 2.84. The quantitative estimate of drug-likeness (QED) is 0.785. The molecule has 1 unspecified atom stereocenters. The first-order valence-corrected chi connectivity index (χ1v) is 6.96. The van der Waals surface area contributed by atoms with Gasteiger partial charge in [-0.3, -0.25) is 0 Å². The molecular weight excluding hydrogens is 364 g/mol. The number of hydrogen-bond donors (Lipinski definition) is 1. The predicted octanol–water partition coefficient (Wildman–Crippen LogP) is 4.39. The molecule has 0 aromatic heterocycles. The molecule has 1 atom stereocenters. The number of rotatable bonds is 3. The lowest BCUT2D eigenvalue weighted by molar-refractivity contribution is 0.575. The largest absolute Gasteiger partial charge is 0.309 e. The van der Waals surface area contributed by atoms with E-state index in [-0.39, 0.29) is 11.9 Å². The van der Waals surface area contributed by atoms with Gasteiger partial charge < -0.3 is 5.32 Å². The van der Waals surface area contributed by atoms with Gasteiger partial charge in [0.2, 0.25) is 0 Å². The van der Waals surface area contributed by atoms with E-state index in [2.05, 4.69) is 27.9 Å². The molecule has 4 heteroatoms. The second kappa shape index (κ2) is 5.99. The van der Waals surface area contributed by atoms with Gasteiger partial charge in [0.05, 0.1) is 6.04 Å². The van der Waals surface area contributed by atoms with Crippen LogP contribution in [0.15, 0.2) is 42.5 Å². The lowest BCUT2D eigenvalue weighted by Crippen LogP contribution is -2.20. The lowest BCUT2D eigenvalue weighted by Gasteiger charge is -2.19. The average Bonchev–Trinajstić information content (AvgIpc) is 2.36. The monoisotopic (exact) mass is 375 g/mol. The third-order valence-electron chi connectivity index (χ3n) is 2.77. The summed E-state index contributed by atoms with van der Waals surface area (Å²) >= 11 is 8.25. The van der Waals surface area contributed by atoms with Crippen molar-refractivity contribution in [1.29, 1.82) is 0 Å². The summed E-state index contributed by atoms with van der Waals surface area (Å²) in [6.07, 6.45) is 0. The van der Waals surface area contributed by atoms with Gasteiger partial charge in [0, 0.05) is 14.2 Å². The zero-order valence-corrected chi connectivity index (χ0v) is 12.7. The molecule has 0 saturated heterocycles. The number of nitrogens with one attached hydrogen (secondary N) is 1. The Morgan fingerprint density at radius 1 is 1.17 bits per heavy atom. The van der Waals surface area contributed by atoms with Crippen LogP contribution in [0.5, 0.6) is 0 Å². The van der Waals surface area contributed by atoms with E-state index >= 15 is 0 Å². The van der Waals surface area contributed by atoms with Crippen LogP contribution < -0.4 is 5.32 Å². The van der Waals surface area contributed by atoms with Crippen LogP contribution >= 0.6 is 34.2 Å². The van der Waals surface area contributed by atoms with Crippen molar-refractivity contribution in [2.45, 2.75) is 6.04 Å². The third-order valence-corrected chi connectivity index (χ3v) is 3.99. The standard InChI is InChI=1S/C14H12ClFIN/c1-18-14(10-4-2-3-5-12(10)16)11-8-9(15)6-7-13(11)17/h2-8,14,18H,1H3. The van der Waals surface area contributed by atoms with Crippen molar-refractivity contribution in [2.75, 3.05) is 7.05 Å². The van der Waals surface area contributed by atoms with E-state index < -0.39 is 0 Å². The van der Waals surface area contributed by atoms with Crippen molar-refractivity contribution < 1.29 is 4.39 Å². The average molecular weight is 376 g/mol. The molecule has 2 rings (SSSR count). The molecule has 0 fully saturated rings. The Kier molecular flexibility index (Phi) is 4.59. The zero-order chi connectivity index (χ0) is 13.1. The van der Waals surface area contributed by atoms with E-state index in [1.165, 1.54) is 6.07 Å². The van der Waals surface area contributed by atoms with Crippen LogP contribution in [0, 0.1) is 9.39 Å². The van der Waals surface area contributed by atoms with Gasteiger partial charge in [-0.2, -0.15) is 0 Å². The Bertz CT molecular complexity index is 559. The molecule has 0 heterocycles. The van der Waals surface area contributed by atoms with Gasteiger partial charge in [-0.15, -0.1) is 0 Å². The highest BCUT2D eigenvalue weighted by Crippen LogP contribution is 2.29. The minimum absolute atomic E-state index is 0.197. The van der Waals surface area contributed by atoms with Crippen molar-refractivity contribution in [2.24, 2.45) is 0 Å². The molecule has 2 aromatic rings. The summed E-state index contributed by atoms with van der Waals surface area (Å²) in [5, 5.41) is 3.79. The Morgan fingerprint density at radius 3 is 2.56 bits per heavy atom. The Balaban J connectivity index is 2.52. The van der Waals surface area contributed by atoms with E-state index in [0.717, 1.165) is 9.13 Å². The Labute approximate surface area is 124 Å². The highest BCUT2D eigenvalue weighted by molar-refractivity contribution is 14.1. The van der Waals surface area contributed by atoms with Gasteiger partial charge in [-0.1, -0.05) is 29.8 Å². The maximum Gasteiger partial charge on any atom is 0.128 e. The normalized spacial score (nSPS) is 12.4. The molecule has 0 bridgehead atoms. The van der Waals surface area contributed by atoms with E-state index in [1.807, 2.05) is 31.3 Å². The van der Waals surface area contributed by atoms with E-state index in [1.54, 1.807) is 12.1 Å². The SMILES string of the molecule is CNC(c1ccccc1F)c1cc(Cl)ccc1I. The zero-order valence-electron chi connectivity index (χ0n) is 9.75. The first-order chi connectivity index (χ1) is 8.63. The summed E-state index contributed by atoms with van der Waals surface area (Å²) in [5.41, 5.74) is 1.61. The second-order valence-corrected chi connectivity index (χ2v) is 5.51. The van der Waals surface area contributed by atoms with E-state index in [0.29, 0.717) is 10.6 Å². The molecule has 18 heavy (non-hydrogen) atoms. The molecule has 2 aromatic carbocycles. The van der Waals surface area contributed by atoms with Gasteiger partial charge in [0.1, 0.15) is 5.82 Å². The summed E-state index contributed by atoms with van der Waals surface area (Å²) in [4.78, 5) is 0. The summed E-state index contributed by atoms with van der Waals surface area (Å²) in [7, 11) is 1.81. The van der Waals surface area contributed by atoms with Crippen molar-refractivity contribution in [3.05, 3.63) is 68.0 Å². The molecule has 0 aliphatic heterocycles. The molecule has 0 amide bonds. The smallest absolute Gasteiger partial charge is 0.128 e. The summed E-state index contributed by atoms with van der Waals surface area (Å²) in [6, 6.07) is 12.2. The van der Waals surface area contributed by atoms with Crippen LogP contribution in [-0.2, 0) is 0 Å². The molecule has 0 aliphatic rings. The Morgan fingerprint density at radius 2 is 1.89 bits per heavy atom. The highest BCUT2D eigenvalue weighted by Gasteiger charge is 2.18. The van der Waals surface area contributed by atoms with Gasteiger partial charge in [0.25, 0.3) is 0 Å². The van der Waals surface area contributed by atoms with Gasteiger partial charge in [-0.05, 0) is 59.5 Å². The summed E-state index contributed by atoms with van der Waals surface area (Å²) in [5.74, 6) is -0.215. The first kappa shape index (κ1) is 13.8. The number of hydrogen-bond acceptors (Lipinski definition) is 1. The van der Waals surface area contributed by atoms with Gasteiger partial charge in [-0.25, -0.2) is 4.39 Å². The molecule has 0 aliphatic carbocycles. The first-order valence-electron chi connectivity index (χ1n) is 5.50. The summed E-state index contributed by atoms with van der Waals surface area (Å²) in [6.45, 7) is 0. The lowest BCUT2D eigenvalue weighted by atomic mass is 9.98. The van der Waals surface area contributed by atoms with Crippen LogP contribution in [0.3, 0.4) is 0 Å². The van der Waals surface area contributed by atoms with E-state index in [4.69, 9.17) is 11.6 Å². The number of halogens is 3.